The van der Waals surface area contributed by atoms with Crippen molar-refractivity contribution in [3.8, 4) is 0 Å². The second kappa shape index (κ2) is 6.29. The van der Waals surface area contributed by atoms with E-state index < -0.39 is 0 Å². The predicted octanol–water partition coefficient (Wildman–Crippen LogP) is 3.88. The fourth-order valence-electron chi connectivity index (χ4n) is 4.83. The van der Waals surface area contributed by atoms with Gasteiger partial charge in [-0.25, -0.2) is 0 Å². The number of para-hydroxylation sites is 2. The Morgan fingerprint density at radius 2 is 1.77 bits per heavy atom. The quantitative estimate of drug-likeness (QED) is 0.831. The number of anilines is 2. The number of carbonyl (C=O) groups is 1. The Labute approximate surface area is 158 Å². The third-order valence-corrected chi connectivity index (χ3v) is 6.44. The SMILES string of the molecule is O=C(c1ccc(Cl)cc1)N1CC2C(Nc3ccccc31)C1CCN2CC1. The number of amides is 1. The maximum Gasteiger partial charge on any atom is 0.258 e. The lowest BCUT2D eigenvalue weighted by Crippen LogP contribution is -2.63. The molecule has 3 fully saturated rings. The molecule has 5 heteroatoms. The van der Waals surface area contributed by atoms with Crippen LogP contribution in [0, 0.1) is 5.92 Å². The van der Waals surface area contributed by atoms with Crippen LogP contribution in [0.5, 0.6) is 0 Å². The van der Waals surface area contributed by atoms with E-state index in [1.807, 2.05) is 35.2 Å². The predicted molar refractivity (Wildman–Crippen MR) is 105 cm³/mol. The van der Waals surface area contributed by atoms with Gasteiger partial charge in [0.1, 0.15) is 0 Å². The Morgan fingerprint density at radius 3 is 2.54 bits per heavy atom. The topological polar surface area (TPSA) is 35.6 Å². The number of halogens is 1. The van der Waals surface area contributed by atoms with Gasteiger partial charge in [0.15, 0.2) is 0 Å². The van der Waals surface area contributed by atoms with Gasteiger partial charge in [0.2, 0.25) is 0 Å². The van der Waals surface area contributed by atoms with Gasteiger partial charge in [-0.1, -0.05) is 23.7 Å². The number of benzene rings is 2. The average Bonchev–Trinajstić information content (AvgIpc) is 2.87. The lowest BCUT2D eigenvalue weighted by molar-refractivity contribution is 0.0403. The number of hydrogen-bond donors (Lipinski definition) is 1. The molecular formula is C21H22ClN3O. The molecule has 2 aromatic carbocycles. The fraction of sp³-hybridized carbons (Fsp3) is 0.381. The van der Waals surface area contributed by atoms with Crippen molar-refractivity contribution in [1.82, 2.24) is 4.90 Å². The number of piperidine rings is 3. The van der Waals surface area contributed by atoms with E-state index in [0.29, 0.717) is 28.6 Å². The fourth-order valence-corrected chi connectivity index (χ4v) is 4.96. The number of nitrogens with zero attached hydrogens (tertiary/aromatic N) is 2. The molecule has 2 aromatic rings. The molecule has 4 heterocycles. The van der Waals surface area contributed by atoms with Gasteiger partial charge in [-0.3, -0.25) is 9.69 Å². The molecule has 4 aliphatic rings. The zero-order valence-corrected chi connectivity index (χ0v) is 15.3. The standard InChI is InChI=1S/C21H22ClN3O/c22-16-7-5-15(6-8-16)21(26)25-13-19-20(14-9-11-24(19)12-10-14)23-17-3-1-2-4-18(17)25/h1-8,14,19-20,23H,9-13H2. The van der Waals surface area contributed by atoms with Gasteiger partial charge < -0.3 is 10.2 Å². The van der Waals surface area contributed by atoms with E-state index in [1.54, 1.807) is 12.1 Å². The molecule has 2 unspecified atom stereocenters. The molecule has 1 N–H and O–H groups in total. The van der Waals surface area contributed by atoms with Crippen LogP contribution in [-0.4, -0.2) is 42.5 Å². The van der Waals surface area contributed by atoms with Gasteiger partial charge in [-0.15, -0.1) is 0 Å². The van der Waals surface area contributed by atoms with Crippen LogP contribution in [0.3, 0.4) is 0 Å². The second-order valence-corrected chi connectivity index (χ2v) is 7.99. The van der Waals surface area contributed by atoms with Crippen LogP contribution in [0.15, 0.2) is 48.5 Å². The summed E-state index contributed by atoms with van der Waals surface area (Å²) in [4.78, 5) is 17.9. The van der Waals surface area contributed by atoms with Crippen LogP contribution in [0.1, 0.15) is 23.2 Å². The molecule has 2 atom stereocenters. The highest BCUT2D eigenvalue weighted by molar-refractivity contribution is 6.30. The van der Waals surface area contributed by atoms with E-state index in [9.17, 15) is 4.79 Å². The van der Waals surface area contributed by atoms with Gasteiger partial charge in [0.05, 0.1) is 11.4 Å². The van der Waals surface area contributed by atoms with Gasteiger partial charge >= 0.3 is 0 Å². The number of fused-ring (bicyclic) bond motifs is 3. The van der Waals surface area contributed by atoms with E-state index in [0.717, 1.165) is 31.0 Å². The number of hydrogen-bond acceptors (Lipinski definition) is 3. The lowest BCUT2D eigenvalue weighted by atomic mass is 9.78. The second-order valence-electron chi connectivity index (χ2n) is 7.55. The first-order valence-electron chi connectivity index (χ1n) is 9.38. The van der Waals surface area contributed by atoms with Crippen LogP contribution >= 0.6 is 11.6 Å². The minimum Gasteiger partial charge on any atom is -0.379 e. The van der Waals surface area contributed by atoms with Crippen LogP contribution in [0.25, 0.3) is 0 Å². The first kappa shape index (κ1) is 16.2. The summed E-state index contributed by atoms with van der Waals surface area (Å²) in [7, 11) is 0. The van der Waals surface area contributed by atoms with Crippen molar-refractivity contribution in [3.63, 3.8) is 0 Å². The highest BCUT2D eigenvalue weighted by atomic mass is 35.5. The first-order valence-corrected chi connectivity index (χ1v) is 9.75. The van der Waals surface area contributed by atoms with E-state index in [4.69, 9.17) is 11.6 Å². The summed E-state index contributed by atoms with van der Waals surface area (Å²) >= 11 is 6.00. The molecule has 1 amide bonds. The molecule has 2 bridgehead atoms. The summed E-state index contributed by atoms with van der Waals surface area (Å²) < 4.78 is 0. The lowest BCUT2D eigenvalue weighted by Gasteiger charge is -2.51. The minimum absolute atomic E-state index is 0.0409. The Hall–Kier alpha value is -2.04. The minimum atomic E-state index is 0.0409. The van der Waals surface area contributed by atoms with Crippen LogP contribution in [0.2, 0.25) is 5.02 Å². The van der Waals surface area contributed by atoms with Crippen molar-refractivity contribution < 1.29 is 4.79 Å². The van der Waals surface area contributed by atoms with Gasteiger partial charge in [-0.2, -0.15) is 0 Å². The maximum atomic E-state index is 13.3. The molecule has 4 aliphatic heterocycles. The van der Waals surface area contributed by atoms with Gasteiger partial charge in [-0.05, 0) is 68.2 Å². The van der Waals surface area contributed by atoms with Crippen molar-refractivity contribution in [2.24, 2.45) is 5.92 Å². The van der Waals surface area contributed by atoms with Crippen LogP contribution < -0.4 is 10.2 Å². The number of rotatable bonds is 1. The van der Waals surface area contributed by atoms with Crippen molar-refractivity contribution in [2.45, 2.75) is 24.9 Å². The van der Waals surface area contributed by atoms with Crippen molar-refractivity contribution in [1.29, 1.82) is 0 Å². The summed E-state index contributed by atoms with van der Waals surface area (Å²) in [6.45, 7) is 3.02. The molecule has 3 saturated heterocycles. The molecule has 0 aromatic heterocycles. The zero-order chi connectivity index (χ0) is 17.7. The molecule has 4 nitrogen and oxygen atoms in total. The van der Waals surface area contributed by atoms with E-state index in [1.165, 1.54) is 12.8 Å². The Balaban J connectivity index is 1.55. The maximum absolute atomic E-state index is 13.3. The Bertz CT molecular complexity index is 829. The average molecular weight is 368 g/mol. The molecule has 134 valence electrons. The first-order chi connectivity index (χ1) is 12.7. The molecule has 0 spiro atoms. The third kappa shape index (κ3) is 2.60. The van der Waals surface area contributed by atoms with E-state index in [2.05, 4.69) is 16.3 Å². The van der Waals surface area contributed by atoms with Crippen molar-refractivity contribution in [3.05, 3.63) is 59.1 Å². The van der Waals surface area contributed by atoms with Gasteiger partial charge in [0.25, 0.3) is 5.91 Å². The largest absolute Gasteiger partial charge is 0.379 e. The zero-order valence-electron chi connectivity index (χ0n) is 14.6. The molecule has 26 heavy (non-hydrogen) atoms. The monoisotopic (exact) mass is 367 g/mol. The summed E-state index contributed by atoms with van der Waals surface area (Å²) in [5.41, 5.74) is 2.72. The van der Waals surface area contributed by atoms with E-state index >= 15 is 0 Å². The summed E-state index contributed by atoms with van der Waals surface area (Å²) in [6.07, 6.45) is 2.50. The number of carbonyl (C=O) groups excluding carboxylic acids is 1. The molecular weight excluding hydrogens is 346 g/mol. The molecule has 0 saturated carbocycles. The summed E-state index contributed by atoms with van der Waals surface area (Å²) in [5, 5.41) is 4.43. The molecule has 6 rings (SSSR count). The number of nitrogens with one attached hydrogen (secondary N) is 1. The highest BCUT2D eigenvalue weighted by Gasteiger charge is 2.45. The smallest absolute Gasteiger partial charge is 0.258 e. The third-order valence-electron chi connectivity index (χ3n) is 6.19. The molecule has 0 aliphatic carbocycles. The summed E-state index contributed by atoms with van der Waals surface area (Å²) in [6, 6.07) is 16.2. The van der Waals surface area contributed by atoms with Gasteiger partial charge in [0, 0.05) is 29.2 Å². The van der Waals surface area contributed by atoms with Crippen molar-refractivity contribution in [2.75, 3.05) is 29.9 Å². The normalized spacial score (nSPS) is 29.3. The molecule has 0 radical (unpaired) electrons. The van der Waals surface area contributed by atoms with Crippen LogP contribution in [0.4, 0.5) is 11.4 Å². The Morgan fingerprint density at radius 1 is 1.04 bits per heavy atom. The highest BCUT2D eigenvalue weighted by Crippen LogP contribution is 2.40. The van der Waals surface area contributed by atoms with E-state index in [-0.39, 0.29) is 5.91 Å². The van der Waals surface area contributed by atoms with Crippen molar-refractivity contribution >= 4 is 28.9 Å². The van der Waals surface area contributed by atoms with Crippen LogP contribution in [-0.2, 0) is 0 Å². The summed E-state index contributed by atoms with van der Waals surface area (Å²) in [5.74, 6) is 0.739. The Kier molecular flexibility index (Phi) is 3.91.